The molecule has 1 aromatic rings. The minimum Gasteiger partial charge on any atom is -0.365 e. The van der Waals surface area contributed by atoms with Crippen LogP contribution in [0.2, 0.25) is 10.4 Å². The van der Waals surface area contributed by atoms with Crippen LogP contribution in [-0.2, 0) is 0 Å². The van der Waals surface area contributed by atoms with Gasteiger partial charge in [0.1, 0.15) is 0 Å². The lowest BCUT2D eigenvalue weighted by atomic mass is 10.2. The Bertz CT molecular complexity index is 329. The van der Waals surface area contributed by atoms with E-state index in [0.717, 1.165) is 6.42 Å². The molecule has 0 spiro atoms. The lowest BCUT2D eigenvalue weighted by Gasteiger charge is -2.12. The fraction of sp³-hybridized carbons (Fsp3) is 0.375. The fourth-order valence-corrected chi connectivity index (χ4v) is 1.18. The summed E-state index contributed by atoms with van der Waals surface area (Å²) < 4.78 is 0. The van der Waals surface area contributed by atoms with E-state index in [9.17, 15) is 0 Å². The summed E-state index contributed by atoms with van der Waals surface area (Å²) >= 11 is 11.3. The molecular formula is C8H10Cl2N4. The molecule has 0 radical (unpaired) electrons. The molecule has 0 aliphatic carbocycles. The second kappa shape index (κ2) is 5.12. The highest BCUT2D eigenvalue weighted by Gasteiger charge is 2.08. The Morgan fingerprint density at radius 1 is 1.50 bits per heavy atom. The molecule has 1 atom stereocenters. The molecule has 1 rings (SSSR count). The van der Waals surface area contributed by atoms with E-state index in [4.69, 9.17) is 23.2 Å². The van der Waals surface area contributed by atoms with Gasteiger partial charge in [-0.05, 0) is 24.9 Å². The number of halogens is 2. The van der Waals surface area contributed by atoms with Crippen LogP contribution in [-0.4, -0.2) is 21.2 Å². The maximum Gasteiger partial charge on any atom is 0.245 e. The number of hydrogen-bond acceptors (Lipinski definition) is 4. The third kappa shape index (κ3) is 3.12. The SMILES string of the molecule is C=CCC(C)Nc1nc(Cl)nnc1Cl. The monoisotopic (exact) mass is 232 g/mol. The molecule has 0 bridgehead atoms. The summed E-state index contributed by atoms with van der Waals surface area (Å²) in [5.74, 6) is 0.445. The second-order valence-electron chi connectivity index (χ2n) is 2.79. The molecule has 0 saturated heterocycles. The van der Waals surface area contributed by atoms with Crippen molar-refractivity contribution in [1.82, 2.24) is 15.2 Å². The third-order valence-electron chi connectivity index (χ3n) is 1.52. The molecular weight excluding hydrogens is 223 g/mol. The maximum absolute atomic E-state index is 5.76. The lowest BCUT2D eigenvalue weighted by Crippen LogP contribution is -2.15. The van der Waals surface area contributed by atoms with E-state index in [0.29, 0.717) is 5.82 Å². The first-order valence-electron chi connectivity index (χ1n) is 4.06. The van der Waals surface area contributed by atoms with Crippen LogP contribution >= 0.6 is 23.2 Å². The summed E-state index contributed by atoms with van der Waals surface area (Å²) in [4.78, 5) is 3.91. The average Bonchev–Trinajstić information content (AvgIpc) is 2.12. The van der Waals surface area contributed by atoms with Gasteiger partial charge in [-0.1, -0.05) is 17.7 Å². The predicted molar refractivity (Wildman–Crippen MR) is 57.7 cm³/mol. The first-order valence-corrected chi connectivity index (χ1v) is 4.82. The van der Waals surface area contributed by atoms with Gasteiger partial charge >= 0.3 is 0 Å². The second-order valence-corrected chi connectivity index (χ2v) is 3.49. The molecule has 1 unspecified atom stereocenters. The lowest BCUT2D eigenvalue weighted by molar-refractivity contribution is 0.800. The van der Waals surface area contributed by atoms with E-state index < -0.39 is 0 Å². The van der Waals surface area contributed by atoms with Crippen LogP contribution in [0.5, 0.6) is 0 Å². The van der Waals surface area contributed by atoms with Gasteiger partial charge < -0.3 is 5.32 Å². The van der Waals surface area contributed by atoms with E-state index in [1.54, 1.807) is 0 Å². The Balaban J connectivity index is 2.74. The molecule has 14 heavy (non-hydrogen) atoms. The van der Waals surface area contributed by atoms with Crippen molar-refractivity contribution in [3.8, 4) is 0 Å². The molecule has 1 N–H and O–H groups in total. The van der Waals surface area contributed by atoms with E-state index in [1.165, 1.54) is 0 Å². The summed E-state index contributed by atoms with van der Waals surface area (Å²) in [5.41, 5.74) is 0. The largest absolute Gasteiger partial charge is 0.365 e. The molecule has 6 heteroatoms. The van der Waals surface area contributed by atoms with Gasteiger partial charge in [0.25, 0.3) is 0 Å². The molecule has 0 amide bonds. The van der Waals surface area contributed by atoms with Crippen LogP contribution in [0.1, 0.15) is 13.3 Å². The van der Waals surface area contributed by atoms with Crippen LogP contribution in [0, 0.1) is 0 Å². The number of rotatable bonds is 4. The summed E-state index contributed by atoms with van der Waals surface area (Å²) in [6, 6.07) is 0.178. The first-order chi connectivity index (χ1) is 6.63. The smallest absolute Gasteiger partial charge is 0.245 e. The molecule has 76 valence electrons. The quantitative estimate of drug-likeness (QED) is 0.812. The normalized spacial score (nSPS) is 12.2. The highest BCUT2D eigenvalue weighted by atomic mass is 35.5. The van der Waals surface area contributed by atoms with Gasteiger partial charge in [-0.15, -0.1) is 16.8 Å². The summed E-state index contributed by atoms with van der Waals surface area (Å²) in [6.45, 7) is 5.62. The van der Waals surface area contributed by atoms with Gasteiger partial charge in [-0.3, -0.25) is 0 Å². The average molecular weight is 233 g/mol. The fourth-order valence-electron chi connectivity index (χ4n) is 0.927. The molecule has 0 aliphatic heterocycles. The van der Waals surface area contributed by atoms with Crippen LogP contribution in [0.3, 0.4) is 0 Å². The van der Waals surface area contributed by atoms with Crippen LogP contribution < -0.4 is 5.32 Å². The Hall–Kier alpha value is -0.870. The molecule has 0 fully saturated rings. The number of hydrogen-bond donors (Lipinski definition) is 1. The van der Waals surface area contributed by atoms with Crippen molar-refractivity contribution >= 4 is 29.0 Å². The summed E-state index contributed by atoms with van der Waals surface area (Å²) in [7, 11) is 0. The Morgan fingerprint density at radius 2 is 2.21 bits per heavy atom. The van der Waals surface area contributed by atoms with Crippen molar-refractivity contribution in [2.75, 3.05) is 5.32 Å². The Morgan fingerprint density at radius 3 is 2.86 bits per heavy atom. The van der Waals surface area contributed by atoms with Crippen molar-refractivity contribution < 1.29 is 0 Å². The number of anilines is 1. The van der Waals surface area contributed by atoms with Crippen molar-refractivity contribution in [3.63, 3.8) is 0 Å². The topological polar surface area (TPSA) is 50.7 Å². The minimum atomic E-state index is 0.0719. The highest BCUT2D eigenvalue weighted by Crippen LogP contribution is 2.17. The van der Waals surface area contributed by atoms with Gasteiger partial charge in [-0.25, -0.2) is 0 Å². The summed E-state index contributed by atoms with van der Waals surface area (Å²) in [5, 5.41) is 10.5. The number of nitrogens with zero attached hydrogens (tertiary/aromatic N) is 3. The number of aromatic nitrogens is 3. The van der Waals surface area contributed by atoms with Gasteiger partial charge in [0.15, 0.2) is 11.0 Å². The molecule has 0 aliphatic rings. The van der Waals surface area contributed by atoms with E-state index >= 15 is 0 Å². The third-order valence-corrected chi connectivity index (χ3v) is 1.94. The van der Waals surface area contributed by atoms with Crippen LogP contribution in [0.15, 0.2) is 12.7 Å². The van der Waals surface area contributed by atoms with Gasteiger partial charge in [0.2, 0.25) is 5.28 Å². The standard InChI is InChI=1S/C8H10Cl2N4/c1-3-4-5(2)11-7-6(9)13-14-8(10)12-7/h3,5H,1,4H2,2H3,(H,11,12,14). The molecule has 4 nitrogen and oxygen atoms in total. The molecule has 1 aromatic heterocycles. The molecule has 1 heterocycles. The maximum atomic E-state index is 5.76. The summed E-state index contributed by atoms with van der Waals surface area (Å²) in [6.07, 6.45) is 2.61. The predicted octanol–water partition coefficient (Wildman–Crippen LogP) is 2.55. The van der Waals surface area contributed by atoms with Crippen molar-refractivity contribution in [2.24, 2.45) is 0 Å². The van der Waals surface area contributed by atoms with Crippen molar-refractivity contribution in [2.45, 2.75) is 19.4 Å². The van der Waals surface area contributed by atoms with E-state index in [-0.39, 0.29) is 16.5 Å². The van der Waals surface area contributed by atoms with Crippen molar-refractivity contribution in [1.29, 1.82) is 0 Å². The molecule has 0 aromatic carbocycles. The highest BCUT2D eigenvalue weighted by molar-refractivity contribution is 6.32. The van der Waals surface area contributed by atoms with Gasteiger partial charge in [0, 0.05) is 6.04 Å². The first kappa shape index (κ1) is 11.2. The Kier molecular flexibility index (Phi) is 4.10. The van der Waals surface area contributed by atoms with E-state index in [1.807, 2.05) is 13.0 Å². The van der Waals surface area contributed by atoms with Crippen LogP contribution in [0.4, 0.5) is 5.82 Å². The number of nitrogens with one attached hydrogen (secondary N) is 1. The van der Waals surface area contributed by atoms with Crippen molar-refractivity contribution in [3.05, 3.63) is 23.1 Å². The van der Waals surface area contributed by atoms with Crippen LogP contribution in [0.25, 0.3) is 0 Å². The zero-order chi connectivity index (χ0) is 10.6. The molecule has 0 saturated carbocycles. The van der Waals surface area contributed by atoms with Gasteiger partial charge in [0.05, 0.1) is 0 Å². The van der Waals surface area contributed by atoms with Gasteiger partial charge in [-0.2, -0.15) is 4.98 Å². The zero-order valence-corrected chi connectivity index (χ0v) is 9.18. The Labute approximate surface area is 92.4 Å². The minimum absolute atomic E-state index is 0.0719. The van der Waals surface area contributed by atoms with E-state index in [2.05, 4.69) is 27.1 Å². The zero-order valence-electron chi connectivity index (χ0n) is 7.67.